The molecule has 4 heteroatoms. The molecule has 0 unspecified atom stereocenters. The molecule has 2 aliphatic rings. The lowest BCUT2D eigenvalue weighted by Gasteiger charge is -2.39. The Morgan fingerprint density at radius 1 is 1.12 bits per heavy atom. The van der Waals surface area contributed by atoms with E-state index in [4.69, 9.17) is 15.2 Å². The van der Waals surface area contributed by atoms with Gasteiger partial charge in [0, 0.05) is 12.0 Å². The van der Waals surface area contributed by atoms with Crippen LogP contribution in [0.1, 0.15) is 31.2 Å². The van der Waals surface area contributed by atoms with Crippen LogP contribution in [0.3, 0.4) is 0 Å². The fourth-order valence-electron chi connectivity index (χ4n) is 2.51. The van der Waals surface area contributed by atoms with E-state index in [9.17, 15) is 5.11 Å². The van der Waals surface area contributed by atoms with E-state index in [2.05, 4.69) is 0 Å². The van der Waals surface area contributed by atoms with Gasteiger partial charge in [0.05, 0.1) is 18.8 Å². The van der Waals surface area contributed by atoms with Crippen LogP contribution in [0.5, 0.6) is 17.2 Å². The summed E-state index contributed by atoms with van der Waals surface area (Å²) in [5.74, 6) is 1.56. The van der Waals surface area contributed by atoms with Crippen molar-refractivity contribution in [3.63, 3.8) is 0 Å². The van der Waals surface area contributed by atoms with Crippen LogP contribution in [0.2, 0.25) is 0 Å². The fraction of sp³-hybridized carbons (Fsp3) is 0.538. The lowest BCUT2D eigenvalue weighted by molar-refractivity contribution is 0.228. The highest BCUT2D eigenvalue weighted by Gasteiger charge is 2.40. The summed E-state index contributed by atoms with van der Waals surface area (Å²) in [6.07, 6.45) is 3.73. The third kappa shape index (κ3) is 1.63. The molecule has 0 bridgehead atoms. The maximum atomic E-state index is 10.0. The number of hydrogen-bond acceptors (Lipinski definition) is 4. The smallest absolute Gasteiger partial charge is 0.169 e. The maximum Gasteiger partial charge on any atom is 0.169 e. The number of ether oxygens (including phenoxy) is 2. The minimum atomic E-state index is -0.441. The summed E-state index contributed by atoms with van der Waals surface area (Å²) < 4.78 is 11.3. The Morgan fingerprint density at radius 2 is 1.88 bits per heavy atom. The van der Waals surface area contributed by atoms with Gasteiger partial charge in [-0.05, 0) is 31.4 Å². The zero-order valence-electron chi connectivity index (χ0n) is 9.74. The summed E-state index contributed by atoms with van der Waals surface area (Å²) in [4.78, 5) is 0. The number of phenols is 1. The van der Waals surface area contributed by atoms with Crippen molar-refractivity contribution in [1.29, 1.82) is 0 Å². The van der Waals surface area contributed by atoms with Gasteiger partial charge >= 0.3 is 0 Å². The highest BCUT2D eigenvalue weighted by molar-refractivity contribution is 5.57. The summed E-state index contributed by atoms with van der Waals surface area (Å²) in [7, 11) is 0. The Hall–Kier alpha value is -1.42. The van der Waals surface area contributed by atoms with Crippen LogP contribution < -0.4 is 15.2 Å². The van der Waals surface area contributed by atoms with E-state index in [1.165, 1.54) is 0 Å². The van der Waals surface area contributed by atoms with Gasteiger partial charge in [-0.1, -0.05) is 0 Å². The Morgan fingerprint density at radius 3 is 2.59 bits per heavy atom. The van der Waals surface area contributed by atoms with Crippen LogP contribution in [0.25, 0.3) is 0 Å². The summed E-state index contributed by atoms with van der Waals surface area (Å²) in [6, 6.07) is 3.40. The first-order valence-corrected chi connectivity index (χ1v) is 6.12. The number of nitrogens with two attached hydrogens (primary N) is 1. The molecule has 1 aliphatic carbocycles. The van der Waals surface area contributed by atoms with E-state index in [1.54, 1.807) is 12.1 Å². The van der Waals surface area contributed by atoms with E-state index in [-0.39, 0.29) is 5.75 Å². The van der Waals surface area contributed by atoms with Crippen LogP contribution >= 0.6 is 0 Å². The largest absolute Gasteiger partial charge is 0.507 e. The van der Waals surface area contributed by atoms with Crippen molar-refractivity contribution in [2.75, 3.05) is 13.2 Å². The molecule has 17 heavy (non-hydrogen) atoms. The van der Waals surface area contributed by atoms with Crippen molar-refractivity contribution in [3.05, 3.63) is 17.7 Å². The number of rotatable bonds is 1. The minimum absolute atomic E-state index is 0.219. The molecule has 0 spiro atoms. The second-order valence-electron chi connectivity index (χ2n) is 4.85. The molecule has 0 aromatic heterocycles. The second kappa shape index (κ2) is 3.81. The molecule has 1 saturated carbocycles. The van der Waals surface area contributed by atoms with Crippen LogP contribution in [-0.2, 0) is 5.54 Å². The summed E-state index contributed by atoms with van der Waals surface area (Å²) in [5, 5.41) is 10.0. The van der Waals surface area contributed by atoms with E-state index in [0.29, 0.717) is 24.7 Å². The van der Waals surface area contributed by atoms with Gasteiger partial charge in [-0.3, -0.25) is 0 Å². The highest BCUT2D eigenvalue weighted by Crippen LogP contribution is 2.50. The van der Waals surface area contributed by atoms with Gasteiger partial charge in [0.2, 0.25) is 0 Å². The topological polar surface area (TPSA) is 64.7 Å². The molecular formula is C13H17NO3. The first-order chi connectivity index (χ1) is 8.21. The highest BCUT2D eigenvalue weighted by atomic mass is 16.5. The van der Waals surface area contributed by atoms with E-state index in [0.717, 1.165) is 31.2 Å². The Balaban J connectivity index is 2.12. The normalized spacial score (nSPS) is 21.5. The van der Waals surface area contributed by atoms with E-state index >= 15 is 0 Å². The van der Waals surface area contributed by atoms with Gasteiger partial charge in [-0.2, -0.15) is 0 Å². The van der Waals surface area contributed by atoms with Crippen LogP contribution in [0.15, 0.2) is 12.1 Å². The van der Waals surface area contributed by atoms with Crippen LogP contribution in [-0.4, -0.2) is 18.3 Å². The molecule has 0 amide bonds. The minimum Gasteiger partial charge on any atom is -0.507 e. The monoisotopic (exact) mass is 235 g/mol. The molecule has 1 fully saturated rings. The SMILES string of the molecule is NC1(c2c(O)ccc3c2OCCCO3)CCC1. The van der Waals surface area contributed by atoms with Crippen LogP contribution in [0.4, 0.5) is 0 Å². The molecule has 0 radical (unpaired) electrons. The van der Waals surface area contributed by atoms with Gasteiger partial charge in [-0.25, -0.2) is 0 Å². The number of aromatic hydroxyl groups is 1. The van der Waals surface area contributed by atoms with Crippen molar-refractivity contribution in [2.24, 2.45) is 5.73 Å². The first-order valence-electron chi connectivity index (χ1n) is 6.12. The Bertz CT molecular complexity index is 441. The predicted octanol–water partition coefficient (Wildman–Crippen LogP) is 1.89. The maximum absolute atomic E-state index is 10.0. The molecule has 92 valence electrons. The molecule has 3 rings (SSSR count). The summed E-state index contributed by atoms with van der Waals surface area (Å²) >= 11 is 0. The third-order valence-corrected chi connectivity index (χ3v) is 3.64. The molecule has 0 atom stereocenters. The number of hydrogen-bond donors (Lipinski definition) is 2. The molecule has 1 aliphatic heterocycles. The molecular weight excluding hydrogens is 218 g/mol. The van der Waals surface area contributed by atoms with Gasteiger partial charge < -0.3 is 20.3 Å². The molecule has 4 nitrogen and oxygen atoms in total. The summed E-state index contributed by atoms with van der Waals surface area (Å²) in [5.41, 5.74) is 6.59. The van der Waals surface area contributed by atoms with Gasteiger partial charge in [0.1, 0.15) is 5.75 Å². The average molecular weight is 235 g/mol. The van der Waals surface area contributed by atoms with Gasteiger partial charge in [0.25, 0.3) is 0 Å². The number of fused-ring (bicyclic) bond motifs is 1. The van der Waals surface area contributed by atoms with Crippen molar-refractivity contribution >= 4 is 0 Å². The van der Waals surface area contributed by atoms with Crippen LogP contribution in [0, 0.1) is 0 Å². The molecule has 1 aromatic rings. The van der Waals surface area contributed by atoms with Gasteiger partial charge in [-0.15, -0.1) is 0 Å². The van der Waals surface area contributed by atoms with E-state index < -0.39 is 5.54 Å². The molecule has 3 N–H and O–H groups in total. The lowest BCUT2D eigenvalue weighted by Crippen LogP contribution is -2.43. The molecule has 0 saturated heterocycles. The van der Waals surface area contributed by atoms with Crippen molar-refractivity contribution < 1.29 is 14.6 Å². The first kappa shape index (κ1) is 10.7. The summed E-state index contributed by atoms with van der Waals surface area (Å²) in [6.45, 7) is 1.26. The Labute approximate surface area is 100 Å². The quantitative estimate of drug-likeness (QED) is 0.780. The zero-order chi connectivity index (χ0) is 11.9. The zero-order valence-corrected chi connectivity index (χ0v) is 9.74. The van der Waals surface area contributed by atoms with Crippen molar-refractivity contribution in [2.45, 2.75) is 31.2 Å². The lowest BCUT2D eigenvalue weighted by atomic mass is 9.72. The van der Waals surface area contributed by atoms with E-state index in [1.807, 2.05) is 0 Å². The predicted molar refractivity (Wildman–Crippen MR) is 63.4 cm³/mol. The molecule has 1 aromatic carbocycles. The van der Waals surface area contributed by atoms with Crippen molar-refractivity contribution in [3.8, 4) is 17.2 Å². The third-order valence-electron chi connectivity index (χ3n) is 3.64. The van der Waals surface area contributed by atoms with Crippen molar-refractivity contribution in [1.82, 2.24) is 0 Å². The Kier molecular flexibility index (Phi) is 2.40. The standard InChI is InChI=1S/C13H17NO3/c14-13(5-1-6-13)11-9(15)3-4-10-12(11)17-8-2-7-16-10/h3-4,15H,1-2,5-8,14H2. The van der Waals surface area contributed by atoms with Gasteiger partial charge in [0.15, 0.2) is 11.5 Å². The number of benzene rings is 1. The second-order valence-corrected chi connectivity index (χ2v) is 4.85. The fourth-order valence-corrected chi connectivity index (χ4v) is 2.51. The average Bonchev–Trinajstić information content (AvgIpc) is 2.51. The number of phenolic OH excluding ortho intramolecular Hbond substituents is 1. The molecule has 1 heterocycles.